The van der Waals surface area contributed by atoms with Crippen LogP contribution in [-0.4, -0.2) is 31.3 Å². The first-order valence-corrected chi connectivity index (χ1v) is 4.97. The SMILES string of the molecule is C=C(C)CCCN(C)COC(C)C. The molecule has 0 rings (SSSR count). The zero-order valence-electron chi connectivity index (χ0n) is 9.47. The van der Waals surface area contributed by atoms with Crippen molar-refractivity contribution in [3.05, 3.63) is 12.2 Å². The minimum atomic E-state index is 0.323. The highest BCUT2D eigenvalue weighted by Gasteiger charge is 1.99. The molecule has 0 saturated carbocycles. The summed E-state index contributed by atoms with van der Waals surface area (Å²) >= 11 is 0. The maximum Gasteiger partial charge on any atom is 0.0991 e. The average molecular weight is 185 g/mol. The van der Waals surface area contributed by atoms with Gasteiger partial charge < -0.3 is 4.74 Å². The van der Waals surface area contributed by atoms with Gasteiger partial charge in [-0.15, -0.1) is 6.58 Å². The quantitative estimate of drug-likeness (QED) is 0.446. The molecular formula is C11H23NO. The lowest BCUT2D eigenvalue weighted by atomic mass is 10.2. The summed E-state index contributed by atoms with van der Waals surface area (Å²) in [5, 5.41) is 0. The van der Waals surface area contributed by atoms with Crippen LogP contribution in [0.1, 0.15) is 33.6 Å². The molecule has 0 aliphatic carbocycles. The van der Waals surface area contributed by atoms with Crippen molar-refractivity contribution in [3.8, 4) is 0 Å². The van der Waals surface area contributed by atoms with E-state index in [0.717, 1.165) is 19.7 Å². The van der Waals surface area contributed by atoms with Crippen LogP contribution in [0.5, 0.6) is 0 Å². The second-order valence-corrected chi connectivity index (χ2v) is 3.98. The van der Waals surface area contributed by atoms with E-state index < -0.39 is 0 Å². The first kappa shape index (κ1) is 12.7. The second kappa shape index (κ2) is 7.10. The van der Waals surface area contributed by atoms with Crippen LogP contribution in [0.4, 0.5) is 0 Å². The summed E-state index contributed by atoms with van der Waals surface area (Å²) in [6, 6.07) is 0. The van der Waals surface area contributed by atoms with E-state index in [9.17, 15) is 0 Å². The van der Waals surface area contributed by atoms with Crippen molar-refractivity contribution in [2.24, 2.45) is 0 Å². The number of rotatable bonds is 7. The summed E-state index contributed by atoms with van der Waals surface area (Å²) in [6.45, 7) is 11.9. The molecule has 0 aromatic rings. The molecule has 0 aromatic carbocycles. The fourth-order valence-corrected chi connectivity index (χ4v) is 0.992. The number of hydrogen-bond donors (Lipinski definition) is 0. The minimum absolute atomic E-state index is 0.323. The highest BCUT2D eigenvalue weighted by Crippen LogP contribution is 2.01. The molecule has 0 atom stereocenters. The molecule has 0 saturated heterocycles. The van der Waals surface area contributed by atoms with Gasteiger partial charge in [-0.25, -0.2) is 0 Å². The lowest BCUT2D eigenvalue weighted by Gasteiger charge is -2.18. The molecule has 0 radical (unpaired) electrons. The van der Waals surface area contributed by atoms with E-state index in [-0.39, 0.29) is 0 Å². The summed E-state index contributed by atoms with van der Waals surface area (Å²) < 4.78 is 5.46. The normalized spacial score (nSPS) is 11.2. The van der Waals surface area contributed by atoms with Gasteiger partial charge in [-0.3, -0.25) is 4.90 Å². The highest BCUT2D eigenvalue weighted by molar-refractivity contribution is 4.87. The molecule has 0 bridgehead atoms. The Morgan fingerprint density at radius 2 is 2.08 bits per heavy atom. The molecule has 0 amide bonds. The smallest absolute Gasteiger partial charge is 0.0991 e. The Morgan fingerprint density at radius 3 is 2.54 bits per heavy atom. The van der Waals surface area contributed by atoms with Gasteiger partial charge in [-0.2, -0.15) is 0 Å². The lowest BCUT2D eigenvalue weighted by Crippen LogP contribution is -2.24. The van der Waals surface area contributed by atoms with E-state index in [1.54, 1.807) is 0 Å². The topological polar surface area (TPSA) is 12.5 Å². The van der Waals surface area contributed by atoms with Gasteiger partial charge in [0.25, 0.3) is 0 Å². The summed E-state index contributed by atoms with van der Waals surface area (Å²) in [5.74, 6) is 0. The Bertz CT molecular complexity index is 143. The predicted molar refractivity (Wildman–Crippen MR) is 57.8 cm³/mol. The maximum atomic E-state index is 5.46. The van der Waals surface area contributed by atoms with Crippen LogP contribution in [-0.2, 0) is 4.74 Å². The van der Waals surface area contributed by atoms with Crippen LogP contribution >= 0.6 is 0 Å². The monoisotopic (exact) mass is 185 g/mol. The van der Waals surface area contributed by atoms with Gasteiger partial charge in [-0.1, -0.05) is 5.57 Å². The second-order valence-electron chi connectivity index (χ2n) is 3.98. The molecule has 78 valence electrons. The van der Waals surface area contributed by atoms with Gasteiger partial charge in [0.15, 0.2) is 0 Å². The molecule has 0 N–H and O–H groups in total. The summed E-state index contributed by atoms with van der Waals surface area (Å²) in [4.78, 5) is 2.20. The van der Waals surface area contributed by atoms with Gasteiger partial charge in [0.1, 0.15) is 0 Å². The van der Waals surface area contributed by atoms with E-state index >= 15 is 0 Å². The molecule has 0 unspecified atom stereocenters. The molecule has 0 aromatic heterocycles. The Morgan fingerprint density at radius 1 is 1.46 bits per heavy atom. The number of nitrogens with zero attached hydrogens (tertiary/aromatic N) is 1. The van der Waals surface area contributed by atoms with Gasteiger partial charge in [0.05, 0.1) is 12.8 Å². The largest absolute Gasteiger partial charge is 0.363 e. The minimum Gasteiger partial charge on any atom is -0.363 e. The molecule has 0 aliphatic heterocycles. The van der Waals surface area contributed by atoms with Crippen molar-refractivity contribution in [2.75, 3.05) is 20.3 Å². The molecule has 0 fully saturated rings. The fourth-order valence-electron chi connectivity index (χ4n) is 0.992. The Labute approximate surface area is 82.6 Å². The van der Waals surface area contributed by atoms with E-state index in [2.05, 4.69) is 39.3 Å². The van der Waals surface area contributed by atoms with Crippen LogP contribution < -0.4 is 0 Å². The summed E-state index contributed by atoms with van der Waals surface area (Å²) in [6.07, 6.45) is 2.61. The fraction of sp³-hybridized carbons (Fsp3) is 0.818. The van der Waals surface area contributed by atoms with E-state index in [1.165, 1.54) is 12.0 Å². The van der Waals surface area contributed by atoms with Crippen LogP contribution in [0, 0.1) is 0 Å². The van der Waals surface area contributed by atoms with Crippen LogP contribution in [0.3, 0.4) is 0 Å². The Balaban J connectivity index is 3.29. The van der Waals surface area contributed by atoms with Crippen molar-refractivity contribution in [2.45, 2.75) is 39.7 Å². The number of allylic oxidation sites excluding steroid dienone is 1. The van der Waals surface area contributed by atoms with Crippen LogP contribution in [0.2, 0.25) is 0 Å². The zero-order chi connectivity index (χ0) is 10.3. The number of ether oxygens (including phenoxy) is 1. The molecular weight excluding hydrogens is 162 g/mol. The highest BCUT2D eigenvalue weighted by atomic mass is 16.5. The standard InChI is InChI=1S/C11H23NO/c1-10(2)7-6-8-12(5)9-13-11(3)4/h11H,1,6-9H2,2-5H3. The van der Waals surface area contributed by atoms with E-state index in [0.29, 0.717) is 6.10 Å². The molecule has 13 heavy (non-hydrogen) atoms. The van der Waals surface area contributed by atoms with Crippen molar-refractivity contribution >= 4 is 0 Å². The van der Waals surface area contributed by atoms with Crippen molar-refractivity contribution < 1.29 is 4.74 Å². The van der Waals surface area contributed by atoms with Gasteiger partial charge in [0, 0.05) is 6.54 Å². The van der Waals surface area contributed by atoms with E-state index in [1.807, 2.05) is 0 Å². The van der Waals surface area contributed by atoms with Crippen molar-refractivity contribution in [1.82, 2.24) is 4.90 Å². The van der Waals surface area contributed by atoms with Crippen LogP contribution in [0.25, 0.3) is 0 Å². The van der Waals surface area contributed by atoms with E-state index in [4.69, 9.17) is 4.74 Å². The Hall–Kier alpha value is -0.340. The molecule has 0 heterocycles. The summed E-state index contributed by atoms with van der Waals surface area (Å²) in [7, 11) is 2.08. The van der Waals surface area contributed by atoms with Crippen LogP contribution in [0.15, 0.2) is 12.2 Å². The average Bonchev–Trinajstić information content (AvgIpc) is 2.00. The molecule has 0 aliphatic rings. The third-order valence-corrected chi connectivity index (χ3v) is 1.77. The third kappa shape index (κ3) is 9.57. The first-order chi connectivity index (χ1) is 6.02. The van der Waals surface area contributed by atoms with Gasteiger partial charge in [0.2, 0.25) is 0 Å². The first-order valence-electron chi connectivity index (χ1n) is 4.97. The third-order valence-electron chi connectivity index (χ3n) is 1.77. The van der Waals surface area contributed by atoms with Gasteiger partial charge in [-0.05, 0) is 40.7 Å². The molecule has 2 nitrogen and oxygen atoms in total. The van der Waals surface area contributed by atoms with Gasteiger partial charge >= 0.3 is 0 Å². The van der Waals surface area contributed by atoms with Crippen molar-refractivity contribution in [3.63, 3.8) is 0 Å². The molecule has 2 heteroatoms. The number of hydrogen-bond acceptors (Lipinski definition) is 2. The predicted octanol–water partition coefficient (Wildman–Crippen LogP) is 2.66. The molecule has 0 spiro atoms. The Kier molecular flexibility index (Phi) is 6.92. The van der Waals surface area contributed by atoms with Crippen molar-refractivity contribution in [1.29, 1.82) is 0 Å². The zero-order valence-corrected chi connectivity index (χ0v) is 9.47. The summed E-state index contributed by atoms with van der Waals surface area (Å²) in [5.41, 5.74) is 1.26. The lowest BCUT2D eigenvalue weighted by molar-refractivity contribution is 0.00449. The maximum absolute atomic E-state index is 5.46.